The van der Waals surface area contributed by atoms with E-state index in [0.717, 1.165) is 6.26 Å². The number of hydrogen-bond donors (Lipinski definition) is 3. The topological polar surface area (TPSA) is 143 Å². The highest BCUT2D eigenvalue weighted by atomic mass is 32.2. The van der Waals surface area contributed by atoms with Gasteiger partial charge in [0.2, 0.25) is 0 Å². The minimum atomic E-state index is -3.29. The Morgan fingerprint density at radius 1 is 1.43 bits per heavy atom. The summed E-state index contributed by atoms with van der Waals surface area (Å²) < 4.78 is 23.5. The minimum absolute atomic E-state index is 0.190. The number of rotatable bonds is 8. The van der Waals surface area contributed by atoms with Gasteiger partial charge in [-0.3, -0.25) is 4.68 Å². The van der Waals surface area contributed by atoms with Crippen LogP contribution in [0, 0.1) is 0 Å². The summed E-state index contributed by atoms with van der Waals surface area (Å²) in [6, 6.07) is -1.94. The van der Waals surface area contributed by atoms with Gasteiger partial charge in [-0.2, -0.15) is 0 Å². The fourth-order valence-electron chi connectivity index (χ4n) is 1.43. The summed E-state index contributed by atoms with van der Waals surface area (Å²) >= 11 is 0. The fourth-order valence-corrected chi connectivity index (χ4v) is 2.10. The monoisotopic (exact) mass is 319 g/mol. The molecule has 0 saturated carbocycles. The molecule has 118 valence electrons. The second kappa shape index (κ2) is 7.57. The van der Waals surface area contributed by atoms with Crippen LogP contribution in [-0.4, -0.2) is 65.1 Å². The molecule has 3 N–H and O–H groups in total. The van der Waals surface area contributed by atoms with Gasteiger partial charge in [0, 0.05) is 19.0 Å². The first kappa shape index (κ1) is 16.9. The van der Waals surface area contributed by atoms with E-state index in [1.165, 1.54) is 10.9 Å². The number of carboxylic acid groups (broad SMARTS) is 1. The Bertz CT molecular complexity index is 571. The average molecular weight is 319 g/mol. The molecule has 0 spiro atoms. The van der Waals surface area contributed by atoms with Crippen molar-refractivity contribution in [1.82, 2.24) is 25.6 Å². The molecule has 2 amide bonds. The first-order chi connectivity index (χ1) is 9.78. The lowest BCUT2D eigenvalue weighted by molar-refractivity contribution is -0.139. The summed E-state index contributed by atoms with van der Waals surface area (Å²) in [6.45, 7) is 0.613. The van der Waals surface area contributed by atoms with Crippen LogP contribution >= 0.6 is 0 Å². The Hall–Kier alpha value is -2.17. The summed E-state index contributed by atoms with van der Waals surface area (Å²) in [5, 5.41) is 20.9. The number of nitrogens with zero attached hydrogens (tertiary/aromatic N) is 3. The maximum atomic E-state index is 11.5. The second-order valence-electron chi connectivity index (χ2n) is 4.38. The van der Waals surface area contributed by atoms with E-state index in [1.54, 1.807) is 6.20 Å². The lowest BCUT2D eigenvalue weighted by Crippen LogP contribution is -2.47. The van der Waals surface area contributed by atoms with Crippen LogP contribution in [0.5, 0.6) is 0 Å². The lowest BCUT2D eigenvalue weighted by Gasteiger charge is -2.14. The molecular formula is C10H17N5O5S. The Kier molecular flexibility index (Phi) is 6.09. The van der Waals surface area contributed by atoms with Crippen molar-refractivity contribution in [3.05, 3.63) is 12.4 Å². The third kappa shape index (κ3) is 7.25. The van der Waals surface area contributed by atoms with Crippen molar-refractivity contribution in [2.75, 3.05) is 18.6 Å². The highest BCUT2D eigenvalue weighted by Crippen LogP contribution is 1.97. The molecule has 0 aromatic carbocycles. The molecule has 1 unspecified atom stereocenters. The summed E-state index contributed by atoms with van der Waals surface area (Å²) in [7, 11) is -3.29. The van der Waals surface area contributed by atoms with Gasteiger partial charge in [-0.25, -0.2) is 18.0 Å². The van der Waals surface area contributed by atoms with Gasteiger partial charge >= 0.3 is 12.0 Å². The standard InChI is InChI=1S/C10H17N5O5S/c1-21(19,20)7-2-8(9(16)17)13-10(18)11-3-5-15-6-4-12-14-15/h4,6,8H,2-3,5,7H2,1H3,(H,16,17)(H2,11,13,18). The van der Waals surface area contributed by atoms with E-state index < -0.39 is 27.9 Å². The van der Waals surface area contributed by atoms with Gasteiger partial charge in [-0.05, 0) is 6.42 Å². The molecule has 10 nitrogen and oxygen atoms in total. The molecule has 1 aromatic rings. The predicted molar refractivity (Wildman–Crippen MR) is 72.3 cm³/mol. The maximum absolute atomic E-state index is 11.5. The van der Waals surface area contributed by atoms with E-state index in [2.05, 4.69) is 20.9 Å². The van der Waals surface area contributed by atoms with Crippen molar-refractivity contribution in [2.45, 2.75) is 19.0 Å². The van der Waals surface area contributed by atoms with Gasteiger partial charge in [0.05, 0.1) is 18.5 Å². The molecular weight excluding hydrogens is 302 g/mol. The average Bonchev–Trinajstić information content (AvgIpc) is 2.86. The highest BCUT2D eigenvalue weighted by Gasteiger charge is 2.21. The van der Waals surface area contributed by atoms with Crippen LogP contribution in [0.1, 0.15) is 6.42 Å². The number of hydrogen-bond acceptors (Lipinski definition) is 6. The summed E-state index contributed by atoms with van der Waals surface area (Å²) in [5.41, 5.74) is 0. The predicted octanol–water partition coefficient (Wildman–Crippen LogP) is -1.53. The van der Waals surface area contributed by atoms with Crippen molar-refractivity contribution < 1.29 is 23.1 Å². The maximum Gasteiger partial charge on any atom is 0.326 e. The van der Waals surface area contributed by atoms with E-state index in [0.29, 0.717) is 6.54 Å². The molecule has 11 heteroatoms. The van der Waals surface area contributed by atoms with E-state index >= 15 is 0 Å². The van der Waals surface area contributed by atoms with E-state index in [9.17, 15) is 18.0 Å². The van der Waals surface area contributed by atoms with Gasteiger partial charge in [-0.1, -0.05) is 5.21 Å². The van der Waals surface area contributed by atoms with Gasteiger partial charge in [0.25, 0.3) is 0 Å². The molecule has 0 aliphatic carbocycles. The zero-order chi connectivity index (χ0) is 15.9. The van der Waals surface area contributed by atoms with Gasteiger partial charge in [-0.15, -0.1) is 5.10 Å². The number of sulfone groups is 1. The van der Waals surface area contributed by atoms with Crippen LogP contribution in [0.3, 0.4) is 0 Å². The van der Waals surface area contributed by atoms with E-state index in [4.69, 9.17) is 5.11 Å². The fraction of sp³-hybridized carbons (Fsp3) is 0.600. The number of amides is 2. The Balaban J connectivity index is 2.36. The largest absolute Gasteiger partial charge is 0.480 e. The van der Waals surface area contributed by atoms with Crippen LogP contribution in [0.2, 0.25) is 0 Å². The zero-order valence-electron chi connectivity index (χ0n) is 11.4. The van der Waals surface area contributed by atoms with Crippen molar-refractivity contribution >= 4 is 21.8 Å². The number of urea groups is 1. The Morgan fingerprint density at radius 2 is 2.14 bits per heavy atom. The number of carboxylic acids is 1. The quantitative estimate of drug-likeness (QED) is 0.527. The number of carbonyl (C=O) groups is 2. The number of aromatic nitrogens is 3. The third-order valence-corrected chi connectivity index (χ3v) is 3.46. The van der Waals surface area contributed by atoms with Crippen LogP contribution in [0.25, 0.3) is 0 Å². The van der Waals surface area contributed by atoms with Crippen LogP contribution < -0.4 is 10.6 Å². The smallest absolute Gasteiger partial charge is 0.326 e. The van der Waals surface area contributed by atoms with Crippen molar-refractivity contribution in [3.63, 3.8) is 0 Å². The van der Waals surface area contributed by atoms with Crippen molar-refractivity contribution in [1.29, 1.82) is 0 Å². The van der Waals surface area contributed by atoms with Crippen LogP contribution in [-0.2, 0) is 21.2 Å². The van der Waals surface area contributed by atoms with Crippen molar-refractivity contribution in [2.24, 2.45) is 0 Å². The lowest BCUT2D eigenvalue weighted by atomic mass is 10.2. The van der Waals surface area contributed by atoms with E-state index in [-0.39, 0.29) is 18.7 Å². The first-order valence-electron chi connectivity index (χ1n) is 6.07. The van der Waals surface area contributed by atoms with Crippen LogP contribution in [0.15, 0.2) is 12.4 Å². The molecule has 0 radical (unpaired) electrons. The Labute approximate surface area is 121 Å². The Morgan fingerprint density at radius 3 is 2.67 bits per heavy atom. The molecule has 1 aromatic heterocycles. The highest BCUT2D eigenvalue weighted by molar-refractivity contribution is 7.90. The molecule has 1 heterocycles. The molecule has 1 atom stereocenters. The molecule has 1 rings (SSSR count). The van der Waals surface area contributed by atoms with Crippen LogP contribution in [0.4, 0.5) is 4.79 Å². The third-order valence-electron chi connectivity index (χ3n) is 2.48. The molecule has 0 aliphatic heterocycles. The normalized spacial score (nSPS) is 12.6. The summed E-state index contributed by atoms with van der Waals surface area (Å²) in [4.78, 5) is 22.5. The zero-order valence-corrected chi connectivity index (χ0v) is 12.2. The summed E-state index contributed by atoms with van der Waals surface area (Å²) in [6.07, 6.45) is 3.92. The van der Waals surface area contributed by atoms with Gasteiger partial charge in [0.15, 0.2) is 0 Å². The number of carbonyl (C=O) groups excluding carboxylic acids is 1. The molecule has 0 saturated heterocycles. The molecule has 0 aliphatic rings. The van der Waals surface area contributed by atoms with Crippen molar-refractivity contribution in [3.8, 4) is 0 Å². The second-order valence-corrected chi connectivity index (χ2v) is 6.64. The van der Waals surface area contributed by atoms with Gasteiger partial charge in [0.1, 0.15) is 15.9 Å². The summed E-state index contributed by atoms with van der Waals surface area (Å²) in [5.74, 6) is -1.60. The number of aliphatic carboxylic acids is 1. The first-order valence-corrected chi connectivity index (χ1v) is 8.13. The van der Waals surface area contributed by atoms with Gasteiger partial charge < -0.3 is 15.7 Å². The SMILES string of the molecule is CS(=O)(=O)CCC(NC(=O)NCCn1ccnn1)C(=O)O. The molecule has 0 bridgehead atoms. The minimum Gasteiger partial charge on any atom is -0.480 e. The number of nitrogens with one attached hydrogen (secondary N) is 2. The van der Waals surface area contributed by atoms with E-state index in [1.807, 2.05) is 0 Å². The molecule has 0 fully saturated rings. The molecule has 21 heavy (non-hydrogen) atoms.